The highest BCUT2D eigenvalue weighted by atomic mass is 16.8. The second-order valence-corrected chi connectivity index (χ2v) is 3.15. The lowest BCUT2D eigenvalue weighted by atomic mass is 10.4. The van der Waals surface area contributed by atoms with Crippen molar-refractivity contribution in [2.45, 2.75) is 24.8 Å². The Labute approximate surface area is 80.7 Å². The van der Waals surface area contributed by atoms with E-state index in [1.165, 1.54) is 0 Å². The molecule has 4 atom stereocenters. The molecule has 2 rings (SSSR count). The third kappa shape index (κ3) is 1.94. The molecule has 0 amide bonds. The first-order chi connectivity index (χ1) is 6.83. The predicted octanol–water partition coefficient (Wildman–Crippen LogP) is -1.34. The summed E-state index contributed by atoms with van der Waals surface area (Å²) in [6.07, 6.45) is -1.50. The molecule has 1 N–H and O–H groups in total. The molecule has 2 aliphatic heterocycles. The fourth-order valence-corrected chi connectivity index (χ4v) is 1.36. The molecule has 4 unspecified atom stereocenters. The van der Waals surface area contributed by atoms with Gasteiger partial charge in [0.1, 0.15) is 12.2 Å². The zero-order valence-electron chi connectivity index (χ0n) is 7.50. The topological polar surface area (TPSA) is 74.2 Å². The van der Waals surface area contributed by atoms with Gasteiger partial charge in [0.05, 0.1) is 19.8 Å². The summed E-state index contributed by atoms with van der Waals surface area (Å²) in [6.45, 7) is 0.442. The number of aldehydes is 1. The van der Waals surface area contributed by atoms with Gasteiger partial charge in [-0.05, 0) is 0 Å². The van der Waals surface area contributed by atoms with Gasteiger partial charge in [-0.25, -0.2) is 0 Å². The third-order valence-electron chi connectivity index (χ3n) is 2.08. The SMILES string of the molecule is O=CC1COC(C2OCC(CO)O2)O1. The number of carbonyl (C=O) groups excluding carboxylic acids is 1. The zero-order chi connectivity index (χ0) is 9.97. The van der Waals surface area contributed by atoms with E-state index in [9.17, 15) is 4.79 Å². The Morgan fingerprint density at radius 1 is 1.21 bits per heavy atom. The van der Waals surface area contributed by atoms with Gasteiger partial charge in [0.25, 0.3) is 0 Å². The summed E-state index contributed by atoms with van der Waals surface area (Å²) in [6, 6.07) is 0. The molecule has 0 aromatic heterocycles. The van der Waals surface area contributed by atoms with Gasteiger partial charge in [-0.3, -0.25) is 0 Å². The highest BCUT2D eigenvalue weighted by molar-refractivity contribution is 5.56. The molecule has 0 radical (unpaired) electrons. The van der Waals surface area contributed by atoms with Gasteiger partial charge in [0.2, 0.25) is 12.6 Å². The highest BCUT2D eigenvalue weighted by Crippen LogP contribution is 2.22. The van der Waals surface area contributed by atoms with E-state index in [1.807, 2.05) is 0 Å². The van der Waals surface area contributed by atoms with Gasteiger partial charge in [-0.2, -0.15) is 0 Å². The van der Waals surface area contributed by atoms with Crippen LogP contribution in [0.2, 0.25) is 0 Å². The fourth-order valence-electron chi connectivity index (χ4n) is 1.36. The summed E-state index contributed by atoms with van der Waals surface area (Å²) in [7, 11) is 0. The van der Waals surface area contributed by atoms with Gasteiger partial charge >= 0.3 is 0 Å². The molecule has 2 saturated heterocycles. The first kappa shape index (κ1) is 10.0. The summed E-state index contributed by atoms with van der Waals surface area (Å²) in [5.41, 5.74) is 0. The molecule has 0 aliphatic carbocycles. The summed E-state index contributed by atoms with van der Waals surface area (Å²) in [5, 5.41) is 8.78. The first-order valence-electron chi connectivity index (χ1n) is 4.43. The maximum absolute atomic E-state index is 10.4. The lowest BCUT2D eigenvalue weighted by Gasteiger charge is -2.16. The molecular weight excluding hydrogens is 192 g/mol. The number of aliphatic hydroxyl groups excluding tert-OH is 1. The van der Waals surface area contributed by atoms with E-state index in [0.717, 1.165) is 0 Å². The number of hydrogen-bond donors (Lipinski definition) is 1. The van der Waals surface area contributed by atoms with Crippen molar-refractivity contribution >= 4 is 6.29 Å². The van der Waals surface area contributed by atoms with Crippen molar-refractivity contribution in [1.82, 2.24) is 0 Å². The number of carbonyl (C=O) groups is 1. The second kappa shape index (κ2) is 4.33. The van der Waals surface area contributed by atoms with Crippen LogP contribution >= 0.6 is 0 Å². The monoisotopic (exact) mass is 204 g/mol. The number of rotatable bonds is 3. The minimum Gasteiger partial charge on any atom is -0.394 e. The van der Waals surface area contributed by atoms with Crippen LogP contribution in [0.5, 0.6) is 0 Å². The molecule has 0 spiro atoms. The Kier molecular flexibility index (Phi) is 3.09. The van der Waals surface area contributed by atoms with Crippen molar-refractivity contribution in [3.63, 3.8) is 0 Å². The molecule has 80 valence electrons. The Bertz CT molecular complexity index is 208. The molecule has 0 aromatic carbocycles. The van der Waals surface area contributed by atoms with Crippen LogP contribution in [-0.2, 0) is 23.7 Å². The van der Waals surface area contributed by atoms with Gasteiger partial charge in [0.15, 0.2) is 6.29 Å². The Morgan fingerprint density at radius 3 is 2.50 bits per heavy atom. The molecule has 14 heavy (non-hydrogen) atoms. The smallest absolute Gasteiger partial charge is 0.210 e. The van der Waals surface area contributed by atoms with Crippen molar-refractivity contribution in [1.29, 1.82) is 0 Å². The largest absolute Gasteiger partial charge is 0.394 e. The first-order valence-corrected chi connectivity index (χ1v) is 4.43. The van der Waals surface area contributed by atoms with Crippen molar-refractivity contribution in [3.05, 3.63) is 0 Å². The third-order valence-corrected chi connectivity index (χ3v) is 2.08. The molecule has 6 nitrogen and oxygen atoms in total. The zero-order valence-corrected chi connectivity index (χ0v) is 7.50. The van der Waals surface area contributed by atoms with Gasteiger partial charge in [-0.15, -0.1) is 0 Å². The number of hydrogen-bond acceptors (Lipinski definition) is 6. The lowest BCUT2D eigenvalue weighted by Crippen LogP contribution is -2.29. The average molecular weight is 204 g/mol. The van der Waals surface area contributed by atoms with Crippen LogP contribution in [-0.4, -0.2) is 56.0 Å². The van der Waals surface area contributed by atoms with E-state index in [2.05, 4.69) is 0 Å². The Hall–Kier alpha value is -0.530. The number of aliphatic hydroxyl groups is 1. The van der Waals surface area contributed by atoms with Gasteiger partial charge in [-0.1, -0.05) is 0 Å². The van der Waals surface area contributed by atoms with Crippen LogP contribution in [0.3, 0.4) is 0 Å². The molecular formula is C8H12O6. The highest BCUT2D eigenvalue weighted by Gasteiger charge is 2.39. The molecule has 2 aliphatic rings. The maximum Gasteiger partial charge on any atom is 0.210 e. The van der Waals surface area contributed by atoms with E-state index in [-0.39, 0.29) is 19.3 Å². The lowest BCUT2D eigenvalue weighted by molar-refractivity contribution is -0.213. The van der Waals surface area contributed by atoms with Crippen molar-refractivity contribution in [2.75, 3.05) is 19.8 Å². The molecule has 0 bridgehead atoms. The van der Waals surface area contributed by atoms with E-state index < -0.39 is 18.7 Å². The quantitative estimate of drug-likeness (QED) is 0.573. The van der Waals surface area contributed by atoms with Crippen LogP contribution in [0, 0.1) is 0 Å². The van der Waals surface area contributed by atoms with Crippen molar-refractivity contribution in [3.8, 4) is 0 Å². The van der Waals surface area contributed by atoms with Crippen LogP contribution < -0.4 is 0 Å². The van der Waals surface area contributed by atoms with E-state index in [4.69, 9.17) is 24.1 Å². The molecule has 2 fully saturated rings. The second-order valence-electron chi connectivity index (χ2n) is 3.15. The Morgan fingerprint density at radius 2 is 1.93 bits per heavy atom. The fraction of sp³-hybridized carbons (Fsp3) is 0.875. The molecule has 0 saturated carbocycles. The maximum atomic E-state index is 10.4. The van der Waals surface area contributed by atoms with E-state index in [0.29, 0.717) is 12.9 Å². The normalized spacial score (nSPS) is 42.9. The minimum atomic E-state index is -0.665. The van der Waals surface area contributed by atoms with Crippen LogP contribution in [0.15, 0.2) is 0 Å². The predicted molar refractivity (Wildman–Crippen MR) is 42.4 cm³/mol. The van der Waals surface area contributed by atoms with Crippen molar-refractivity contribution in [2.24, 2.45) is 0 Å². The summed E-state index contributed by atoms with van der Waals surface area (Å²) in [4.78, 5) is 10.4. The summed E-state index contributed by atoms with van der Waals surface area (Å²) >= 11 is 0. The van der Waals surface area contributed by atoms with Crippen LogP contribution in [0.25, 0.3) is 0 Å². The van der Waals surface area contributed by atoms with Gasteiger partial charge in [0, 0.05) is 0 Å². The van der Waals surface area contributed by atoms with Gasteiger partial charge < -0.3 is 28.8 Å². The molecule has 2 heterocycles. The average Bonchev–Trinajstić information content (AvgIpc) is 2.86. The van der Waals surface area contributed by atoms with Crippen molar-refractivity contribution < 1.29 is 28.8 Å². The molecule has 0 aromatic rings. The standard InChI is InChI=1S/C8H12O6/c9-1-5-3-11-7(13-5)8-12-4-6(2-10)14-8/h1,5-8,10H,2-4H2. The van der Waals surface area contributed by atoms with E-state index >= 15 is 0 Å². The van der Waals surface area contributed by atoms with E-state index in [1.54, 1.807) is 0 Å². The summed E-state index contributed by atoms with van der Waals surface area (Å²) < 4.78 is 20.7. The number of ether oxygens (including phenoxy) is 4. The Balaban J connectivity index is 1.83. The van der Waals surface area contributed by atoms with Crippen LogP contribution in [0.1, 0.15) is 0 Å². The molecule has 6 heteroatoms. The summed E-state index contributed by atoms with van der Waals surface area (Å²) in [5.74, 6) is 0. The van der Waals surface area contributed by atoms with Crippen LogP contribution in [0.4, 0.5) is 0 Å². The minimum absolute atomic E-state index is 0.0969.